The molecule has 2 nitrogen and oxygen atoms in total. The number of rotatable bonds is 3. The van der Waals surface area contributed by atoms with E-state index in [9.17, 15) is 5.11 Å². The molecule has 1 saturated heterocycles. The van der Waals surface area contributed by atoms with Crippen molar-refractivity contribution in [3.8, 4) is 0 Å². The minimum absolute atomic E-state index is 0.0677. The first-order valence-electron chi connectivity index (χ1n) is 4.62. The summed E-state index contributed by atoms with van der Waals surface area (Å²) in [5.41, 5.74) is 0. The average Bonchev–Trinajstić information content (AvgIpc) is 2.26. The van der Waals surface area contributed by atoms with Gasteiger partial charge in [0.25, 0.3) is 0 Å². The van der Waals surface area contributed by atoms with Gasteiger partial charge in [-0.15, -0.1) is 0 Å². The van der Waals surface area contributed by atoms with Crippen molar-refractivity contribution in [3.63, 3.8) is 0 Å². The van der Waals surface area contributed by atoms with Crippen LogP contribution in [-0.2, 0) is 0 Å². The second-order valence-corrected chi connectivity index (χ2v) is 3.63. The van der Waals surface area contributed by atoms with Gasteiger partial charge in [-0.05, 0) is 19.9 Å². The number of aliphatic hydroxyl groups excluding tert-OH is 1. The van der Waals surface area contributed by atoms with E-state index in [4.69, 9.17) is 0 Å². The maximum atomic E-state index is 9.33. The molecule has 1 aliphatic rings. The number of hydrogen-bond acceptors (Lipinski definition) is 2. The molecule has 0 aromatic carbocycles. The minimum Gasteiger partial charge on any atom is -0.392 e. The van der Waals surface area contributed by atoms with E-state index in [2.05, 4.69) is 18.9 Å². The van der Waals surface area contributed by atoms with Gasteiger partial charge in [0.1, 0.15) is 0 Å². The molecule has 1 fully saturated rings. The lowest BCUT2D eigenvalue weighted by molar-refractivity contribution is 0.182. The molecule has 0 radical (unpaired) electrons. The molecular weight excluding hydrogens is 138 g/mol. The molecule has 2 atom stereocenters. The van der Waals surface area contributed by atoms with E-state index in [0.717, 1.165) is 13.0 Å². The zero-order valence-corrected chi connectivity index (χ0v) is 7.58. The fraction of sp³-hybridized carbons (Fsp3) is 1.00. The highest BCUT2D eigenvalue weighted by Crippen LogP contribution is 2.20. The van der Waals surface area contributed by atoms with Gasteiger partial charge in [0.05, 0.1) is 6.10 Å². The van der Waals surface area contributed by atoms with Crippen LogP contribution >= 0.6 is 0 Å². The molecule has 2 heteroatoms. The molecule has 0 saturated carbocycles. The van der Waals surface area contributed by atoms with Gasteiger partial charge in [0.2, 0.25) is 0 Å². The van der Waals surface area contributed by atoms with Crippen molar-refractivity contribution < 1.29 is 5.11 Å². The zero-order valence-electron chi connectivity index (χ0n) is 7.58. The third-order valence-electron chi connectivity index (χ3n) is 2.56. The van der Waals surface area contributed by atoms with Gasteiger partial charge < -0.3 is 10.0 Å². The molecule has 0 aliphatic carbocycles. The first-order valence-corrected chi connectivity index (χ1v) is 4.62. The predicted molar refractivity (Wildman–Crippen MR) is 46.6 cm³/mol. The SMILES string of the molecule is CCCC[C@H]1C[C@H](O)CN1C. The van der Waals surface area contributed by atoms with Crippen LogP contribution in [0.4, 0.5) is 0 Å². The fourth-order valence-corrected chi connectivity index (χ4v) is 1.83. The van der Waals surface area contributed by atoms with Gasteiger partial charge in [-0.1, -0.05) is 19.8 Å². The van der Waals surface area contributed by atoms with Gasteiger partial charge in [0, 0.05) is 12.6 Å². The van der Waals surface area contributed by atoms with E-state index in [-0.39, 0.29) is 6.10 Å². The average molecular weight is 157 g/mol. The Balaban J connectivity index is 2.23. The molecule has 0 bridgehead atoms. The molecule has 1 aliphatic heterocycles. The number of nitrogens with zero attached hydrogens (tertiary/aromatic N) is 1. The summed E-state index contributed by atoms with van der Waals surface area (Å²) >= 11 is 0. The lowest BCUT2D eigenvalue weighted by Gasteiger charge is -2.17. The Labute approximate surface area is 69.2 Å². The molecule has 11 heavy (non-hydrogen) atoms. The van der Waals surface area contributed by atoms with Crippen molar-refractivity contribution >= 4 is 0 Å². The van der Waals surface area contributed by atoms with Crippen LogP contribution in [-0.4, -0.2) is 35.7 Å². The Bertz CT molecular complexity index is 116. The number of likely N-dealkylation sites (N-methyl/N-ethyl adjacent to an activating group) is 1. The summed E-state index contributed by atoms with van der Waals surface area (Å²) in [6, 6.07) is 0.643. The van der Waals surface area contributed by atoms with Crippen LogP contribution in [0.1, 0.15) is 32.6 Å². The van der Waals surface area contributed by atoms with Gasteiger partial charge in [-0.25, -0.2) is 0 Å². The quantitative estimate of drug-likeness (QED) is 0.666. The third-order valence-corrected chi connectivity index (χ3v) is 2.56. The summed E-state index contributed by atoms with van der Waals surface area (Å²) in [5, 5.41) is 9.33. The molecule has 0 amide bonds. The van der Waals surface area contributed by atoms with Crippen molar-refractivity contribution in [2.24, 2.45) is 0 Å². The number of β-amino-alcohol motifs (C(OH)–C–C–N with tert-alkyl or cyclic N) is 1. The largest absolute Gasteiger partial charge is 0.392 e. The summed E-state index contributed by atoms with van der Waals surface area (Å²) in [6.07, 6.45) is 4.73. The van der Waals surface area contributed by atoms with Crippen LogP contribution in [0, 0.1) is 0 Å². The van der Waals surface area contributed by atoms with Gasteiger partial charge in [0.15, 0.2) is 0 Å². The highest BCUT2D eigenvalue weighted by molar-refractivity contribution is 4.82. The van der Waals surface area contributed by atoms with Crippen molar-refractivity contribution in [3.05, 3.63) is 0 Å². The number of likely N-dealkylation sites (tertiary alicyclic amines) is 1. The Morgan fingerprint density at radius 1 is 1.55 bits per heavy atom. The Kier molecular flexibility index (Phi) is 3.34. The molecule has 0 aromatic rings. The normalized spacial score (nSPS) is 33.0. The first kappa shape index (κ1) is 9.01. The number of aliphatic hydroxyl groups is 1. The van der Waals surface area contributed by atoms with Gasteiger partial charge in [-0.2, -0.15) is 0 Å². The predicted octanol–water partition coefficient (Wildman–Crippen LogP) is 1.24. The monoisotopic (exact) mass is 157 g/mol. The molecule has 1 N–H and O–H groups in total. The first-order chi connectivity index (χ1) is 5.24. The van der Waals surface area contributed by atoms with E-state index in [0.29, 0.717) is 6.04 Å². The smallest absolute Gasteiger partial charge is 0.0682 e. The van der Waals surface area contributed by atoms with Crippen molar-refractivity contribution in [1.82, 2.24) is 4.90 Å². The van der Waals surface area contributed by atoms with E-state index in [1.54, 1.807) is 0 Å². The fourth-order valence-electron chi connectivity index (χ4n) is 1.83. The van der Waals surface area contributed by atoms with Gasteiger partial charge in [-0.3, -0.25) is 0 Å². The van der Waals surface area contributed by atoms with E-state index in [1.165, 1.54) is 19.3 Å². The maximum absolute atomic E-state index is 9.33. The molecule has 0 unspecified atom stereocenters. The molecule has 1 heterocycles. The number of unbranched alkanes of at least 4 members (excludes halogenated alkanes) is 1. The standard InChI is InChI=1S/C9H19NO/c1-3-4-5-8-6-9(11)7-10(8)2/h8-9,11H,3-7H2,1-2H3/t8-,9-/m0/s1. The van der Waals surface area contributed by atoms with Crippen LogP contribution in [0.5, 0.6) is 0 Å². The second kappa shape index (κ2) is 4.07. The topological polar surface area (TPSA) is 23.5 Å². The van der Waals surface area contributed by atoms with E-state index >= 15 is 0 Å². The highest BCUT2D eigenvalue weighted by atomic mass is 16.3. The minimum atomic E-state index is -0.0677. The number of hydrogen-bond donors (Lipinski definition) is 1. The lowest BCUT2D eigenvalue weighted by atomic mass is 10.1. The third kappa shape index (κ3) is 2.46. The molecule has 0 spiro atoms. The Morgan fingerprint density at radius 2 is 2.27 bits per heavy atom. The summed E-state index contributed by atoms with van der Waals surface area (Å²) in [7, 11) is 2.11. The summed E-state index contributed by atoms with van der Waals surface area (Å²) < 4.78 is 0. The second-order valence-electron chi connectivity index (χ2n) is 3.63. The Morgan fingerprint density at radius 3 is 2.73 bits per heavy atom. The molecule has 0 aromatic heterocycles. The Hall–Kier alpha value is -0.0800. The van der Waals surface area contributed by atoms with Crippen LogP contribution in [0.15, 0.2) is 0 Å². The summed E-state index contributed by atoms with van der Waals surface area (Å²) in [4.78, 5) is 2.28. The van der Waals surface area contributed by atoms with Crippen LogP contribution in [0.25, 0.3) is 0 Å². The van der Waals surface area contributed by atoms with E-state index in [1.807, 2.05) is 0 Å². The maximum Gasteiger partial charge on any atom is 0.0682 e. The van der Waals surface area contributed by atoms with Crippen molar-refractivity contribution in [2.75, 3.05) is 13.6 Å². The van der Waals surface area contributed by atoms with E-state index < -0.39 is 0 Å². The van der Waals surface area contributed by atoms with Crippen LogP contribution in [0.3, 0.4) is 0 Å². The molecular formula is C9H19NO. The van der Waals surface area contributed by atoms with Gasteiger partial charge >= 0.3 is 0 Å². The lowest BCUT2D eigenvalue weighted by Crippen LogP contribution is -2.24. The molecule has 66 valence electrons. The van der Waals surface area contributed by atoms with Crippen LogP contribution < -0.4 is 0 Å². The molecule has 1 rings (SSSR count). The van der Waals surface area contributed by atoms with Crippen LogP contribution in [0.2, 0.25) is 0 Å². The zero-order chi connectivity index (χ0) is 8.27. The summed E-state index contributed by atoms with van der Waals surface area (Å²) in [6.45, 7) is 3.08. The van der Waals surface area contributed by atoms with Crippen molar-refractivity contribution in [1.29, 1.82) is 0 Å². The highest BCUT2D eigenvalue weighted by Gasteiger charge is 2.26. The summed E-state index contributed by atoms with van der Waals surface area (Å²) in [5.74, 6) is 0. The van der Waals surface area contributed by atoms with Crippen molar-refractivity contribution in [2.45, 2.75) is 44.8 Å².